The van der Waals surface area contributed by atoms with E-state index in [9.17, 15) is 17.1 Å². The van der Waals surface area contributed by atoms with Crippen LogP contribution in [0, 0.1) is 5.92 Å². The average molecular weight is 285 g/mol. The van der Waals surface area contributed by atoms with Crippen LogP contribution in [-0.4, -0.2) is 61.3 Å². The van der Waals surface area contributed by atoms with Crippen LogP contribution >= 0.6 is 11.8 Å². The SMILES string of the molecule is O=C1CC(CS(=O)(=O)F)CN1CCSCCO. The molecule has 1 rings (SSSR count). The standard InChI is InChI=1S/C9H16FNO4S2/c10-17(14,15)7-8-5-9(13)11(6-8)1-3-16-4-2-12/h8,12H,1-7H2. The third-order valence-corrected chi connectivity index (χ3v) is 4.28. The topological polar surface area (TPSA) is 74.7 Å². The van der Waals surface area contributed by atoms with E-state index in [1.165, 1.54) is 11.8 Å². The molecule has 1 saturated heterocycles. The lowest BCUT2D eigenvalue weighted by molar-refractivity contribution is -0.127. The molecule has 0 aromatic heterocycles. The summed E-state index contributed by atoms with van der Waals surface area (Å²) in [6.07, 6.45) is 0.105. The number of aliphatic hydroxyl groups is 1. The van der Waals surface area contributed by atoms with Crippen molar-refractivity contribution in [3.63, 3.8) is 0 Å². The fourth-order valence-electron chi connectivity index (χ4n) is 1.80. The summed E-state index contributed by atoms with van der Waals surface area (Å²) in [5.41, 5.74) is 0. The van der Waals surface area contributed by atoms with E-state index in [1.54, 1.807) is 4.90 Å². The summed E-state index contributed by atoms with van der Waals surface area (Å²) >= 11 is 1.52. The summed E-state index contributed by atoms with van der Waals surface area (Å²) in [6.45, 7) is 0.926. The van der Waals surface area contributed by atoms with Gasteiger partial charge in [0, 0.05) is 36.9 Å². The molecule has 0 radical (unpaired) electrons. The first-order valence-electron chi connectivity index (χ1n) is 5.31. The highest BCUT2D eigenvalue weighted by atomic mass is 32.3. The molecule has 17 heavy (non-hydrogen) atoms. The Bertz CT molecular complexity index is 360. The van der Waals surface area contributed by atoms with Crippen LogP contribution in [0.2, 0.25) is 0 Å². The molecule has 1 aliphatic rings. The maximum absolute atomic E-state index is 12.5. The molecule has 100 valence electrons. The summed E-state index contributed by atoms with van der Waals surface area (Å²) in [4.78, 5) is 13.0. The van der Waals surface area contributed by atoms with E-state index in [1.807, 2.05) is 0 Å². The molecule has 0 aromatic rings. The zero-order valence-electron chi connectivity index (χ0n) is 9.34. The van der Waals surface area contributed by atoms with E-state index in [0.29, 0.717) is 24.6 Å². The number of nitrogens with zero attached hydrogens (tertiary/aromatic N) is 1. The van der Waals surface area contributed by atoms with E-state index in [4.69, 9.17) is 5.11 Å². The smallest absolute Gasteiger partial charge is 0.302 e. The maximum atomic E-state index is 12.5. The van der Waals surface area contributed by atoms with Gasteiger partial charge in [0.2, 0.25) is 5.91 Å². The molecule has 0 spiro atoms. The first kappa shape index (κ1) is 14.7. The zero-order valence-corrected chi connectivity index (χ0v) is 11.0. The fraction of sp³-hybridized carbons (Fsp3) is 0.889. The van der Waals surface area contributed by atoms with Crippen molar-refractivity contribution >= 4 is 27.9 Å². The molecule has 0 bridgehead atoms. The van der Waals surface area contributed by atoms with Gasteiger partial charge in [-0.15, -0.1) is 3.89 Å². The minimum atomic E-state index is -4.50. The molecule has 1 aliphatic heterocycles. The summed E-state index contributed by atoms with van der Waals surface area (Å²) in [5.74, 6) is 0.189. The lowest BCUT2D eigenvalue weighted by Gasteiger charge is -2.15. The van der Waals surface area contributed by atoms with Crippen LogP contribution in [0.1, 0.15) is 6.42 Å². The Hall–Kier alpha value is -0.340. The summed E-state index contributed by atoms with van der Waals surface area (Å²) in [6, 6.07) is 0. The molecule has 5 nitrogen and oxygen atoms in total. The van der Waals surface area contributed by atoms with Gasteiger partial charge >= 0.3 is 10.2 Å². The molecule has 0 aliphatic carbocycles. The highest BCUT2D eigenvalue weighted by Gasteiger charge is 2.32. The predicted molar refractivity (Wildman–Crippen MR) is 64.0 cm³/mol. The van der Waals surface area contributed by atoms with Gasteiger partial charge in [-0.2, -0.15) is 20.2 Å². The van der Waals surface area contributed by atoms with Crippen LogP contribution in [0.4, 0.5) is 3.89 Å². The van der Waals surface area contributed by atoms with Crippen molar-refractivity contribution in [1.29, 1.82) is 0 Å². The molecule has 0 aromatic carbocycles. The molecule has 1 unspecified atom stereocenters. The van der Waals surface area contributed by atoms with Crippen LogP contribution < -0.4 is 0 Å². The Morgan fingerprint density at radius 1 is 1.47 bits per heavy atom. The number of hydrogen-bond acceptors (Lipinski definition) is 5. The second-order valence-electron chi connectivity index (χ2n) is 3.95. The van der Waals surface area contributed by atoms with E-state index in [2.05, 4.69) is 0 Å². The molecule has 1 heterocycles. The minimum absolute atomic E-state index is 0.0985. The van der Waals surface area contributed by atoms with Gasteiger partial charge in [-0.3, -0.25) is 4.79 Å². The number of rotatable bonds is 7. The van der Waals surface area contributed by atoms with E-state index >= 15 is 0 Å². The Morgan fingerprint density at radius 2 is 2.18 bits per heavy atom. The third kappa shape index (κ3) is 5.69. The largest absolute Gasteiger partial charge is 0.396 e. The van der Waals surface area contributed by atoms with Crippen LogP contribution in [-0.2, 0) is 15.0 Å². The maximum Gasteiger partial charge on any atom is 0.302 e. The second-order valence-corrected chi connectivity index (χ2v) is 6.59. The number of aliphatic hydroxyl groups excluding tert-OH is 1. The number of carbonyl (C=O) groups excluding carboxylic acids is 1. The van der Waals surface area contributed by atoms with Crippen molar-refractivity contribution in [2.75, 3.05) is 37.0 Å². The van der Waals surface area contributed by atoms with Gasteiger partial charge in [0.1, 0.15) is 0 Å². The second kappa shape index (κ2) is 6.55. The molecule has 1 N–H and O–H groups in total. The van der Waals surface area contributed by atoms with Gasteiger partial charge in [0.25, 0.3) is 0 Å². The monoisotopic (exact) mass is 285 g/mol. The van der Waals surface area contributed by atoms with Gasteiger partial charge < -0.3 is 10.0 Å². The van der Waals surface area contributed by atoms with Crippen LogP contribution in [0.15, 0.2) is 0 Å². The molecule has 1 amide bonds. The molecule has 8 heteroatoms. The highest BCUT2D eigenvalue weighted by Crippen LogP contribution is 2.20. The third-order valence-electron chi connectivity index (χ3n) is 2.47. The molecule has 1 fully saturated rings. The summed E-state index contributed by atoms with van der Waals surface area (Å²) in [5, 5.41) is 8.57. The first-order valence-corrected chi connectivity index (χ1v) is 8.02. The van der Waals surface area contributed by atoms with Gasteiger partial charge in [0.15, 0.2) is 0 Å². The van der Waals surface area contributed by atoms with Gasteiger partial charge in [0.05, 0.1) is 12.4 Å². The lowest BCUT2D eigenvalue weighted by atomic mass is 10.1. The van der Waals surface area contributed by atoms with Gasteiger partial charge in [-0.1, -0.05) is 0 Å². The lowest BCUT2D eigenvalue weighted by Crippen LogP contribution is -2.28. The summed E-state index contributed by atoms with van der Waals surface area (Å²) < 4.78 is 33.4. The van der Waals surface area contributed by atoms with Crippen molar-refractivity contribution in [2.24, 2.45) is 5.92 Å². The highest BCUT2D eigenvalue weighted by molar-refractivity contribution is 7.99. The van der Waals surface area contributed by atoms with E-state index in [-0.39, 0.29) is 18.9 Å². The Morgan fingerprint density at radius 3 is 2.76 bits per heavy atom. The molecule has 1 atom stereocenters. The number of amides is 1. The minimum Gasteiger partial charge on any atom is -0.396 e. The molecular weight excluding hydrogens is 269 g/mol. The number of carbonyl (C=O) groups is 1. The van der Waals surface area contributed by atoms with Crippen molar-refractivity contribution in [3.05, 3.63) is 0 Å². The molecular formula is C9H16FNO4S2. The molecule has 0 saturated carbocycles. The Kier molecular flexibility index (Phi) is 5.68. The van der Waals surface area contributed by atoms with Crippen molar-refractivity contribution in [3.8, 4) is 0 Å². The van der Waals surface area contributed by atoms with Gasteiger partial charge in [-0.05, 0) is 0 Å². The zero-order chi connectivity index (χ0) is 12.9. The van der Waals surface area contributed by atoms with E-state index < -0.39 is 21.9 Å². The van der Waals surface area contributed by atoms with Crippen molar-refractivity contribution in [1.82, 2.24) is 4.90 Å². The normalized spacial score (nSPS) is 21.2. The first-order chi connectivity index (χ1) is 7.92. The predicted octanol–water partition coefficient (Wildman–Crippen LogP) is -0.140. The van der Waals surface area contributed by atoms with Gasteiger partial charge in [-0.25, -0.2) is 0 Å². The average Bonchev–Trinajstić information content (AvgIpc) is 2.51. The fourth-order valence-corrected chi connectivity index (χ4v) is 3.27. The number of likely N-dealkylation sites (tertiary alicyclic amines) is 1. The quantitative estimate of drug-likeness (QED) is 0.520. The Balaban J connectivity index is 2.32. The van der Waals surface area contributed by atoms with Crippen LogP contribution in [0.3, 0.4) is 0 Å². The number of thioether (sulfide) groups is 1. The van der Waals surface area contributed by atoms with Crippen molar-refractivity contribution in [2.45, 2.75) is 6.42 Å². The van der Waals surface area contributed by atoms with E-state index in [0.717, 1.165) is 0 Å². The Labute approximate surface area is 105 Å². The summed E-state index contributed by atoms with van der Waals surface area (Å²) in [7, 11) is -4.50. The number of halogens is 1. The number of hydrogen-bond donors (Lipinski definition) is 1. The van der Waals surface area contributed by atoms with Crippen LogP contribution in [0.25, 0.3) is 0 Å². The van der Waals surface area contributed by atoms with Crippen LogP contribution in [0.5, 0.6) is 0 Å². The van der Waals surface area contributed by atoms with Crippen molar-refractivity contribution < 1.29 is 22.2 Å².